The number of aliphatic hydroxyl groups is 2. The standard InChI is InChI=1S/2C9H18O3/c1-3-4-7(2)5-8(10)6-9(11)12;1-3-4-7(2)5-6-8(10)9(11)12/h2*7-8,10H,3-6H2,1-2H3,(H,11,12). The van der Waals surface area contributed by atoms with Crippen LogP contribution in [-0.2, 0) is 9.59 Å². The topological polar surface area (TPSA) is 115 Å². The van der Waals surface area contributed by atoms with Crippen molar-refractivity contribution in [2.75, 3.05) is 0 Å². The smallest absolute Gasteiger partial charge is 0.332 e. The predicted molar refractivity (Wildman–Crippen MR) is 93.9 cm³/mol. The highest BCUT2D eigenvalue weighted by molar-refractivity contribution is 5.71. The summed E-state index contributed by atoms with van der Waals surface area (Å²) in [5, 5.41) is 34.9. The van der Waals surface area contributed by atoms with E-state index in [-0.39, 0.29) is 6.42 Å². The van der Waals surface area contributed by atoms with Crippen LogP contribution in [0.1, 0.15) is 79.1 Å². The van der Waals surface area contributed by atoms with Crippen LogP contribution in [0.3, 0.4) is 0 Å². The zero-order chi connectivity index (χ0) is 19.1. The van der Waals surface area contributed by atoms with Gasteiger partial charge in [-0.1, -0.05) is 53.4 Å². The van der Waals surface area contributed by atoms with Gasteiger partial charge in [0.2, 0.25) is 0 Å². The van der Waals surface area contributed by atoms with E-state index in [9.17, 15) is 14.7 Å². The molecule has 0 saturated heterocycles. The van der Waals surface area contributed by atoms with Gasteiger partial charge in [0.15, 0.2) is 6.10 Å². The van der Waals surface area contributed by atoms with Gasteiger partial charge in [0.05, 0.1) is 12.5 Å². The average molecular weight is 348 g/mol. The lowest BCUT2D eigenvalue weighted by atomic mass is 9.97. The molecular formula is C18H36O6. The first-order chi connectivity index (χ1) is 11.1. The summed E-state index contributed by atoms with van der Waals surface area (Å²) in [6.07, 6.45) is 4.13. The number of carbonyl (C=O) groups is 2. The predicted octanol–water partition coefficient (Wildman–Crippen LogP) is 3.30. The van der Waals surface area contributed by atoms with Gasteiger partial charge in [-0.3, -0.25) is 4.79 Å². The van der Waals surface area contributed by atoms with E-state index in [1.165, 1.54) is 0 Å². The van der Waals surface area contributed by atoms with E-state index in [1.54, 1.807) is 0 Å². The van der Waals surface area contributed by atoms with Gasteiger partial charge in [0.25, 0.3) is 0 Å². The Morgan fingerprint density at radius 1 is 0.833 bits per heavy atom. The molecule has 0 bridgehead atoms. The van der Waals surface area contributed by atoms with Crippen molar-refractivity contribution in [3.8, 4) is 0 Å². The lowest BCUT2D eigenvalue weighted by Crippen LogP contribution is -2.19. The van der Waals surface area contributed by atoms with Gasteiger partial charge in [0.1, 0.15) is 0 Å². The number of aliphatic hydroxyl groups excluding tert-OH is 2. The first-order valence-electron chi connectivity index (χ1n) is 8.94. The Balaban J connectivity index is 0. The number of rotatable bonds is 12. The largest absolute Gasteiger partial charge is 0.481 e. The third-order valence-electron chi connectivity index (χ3n) is 3.87. The van der Waals surface area contributed by atoms with Crippen molar-refractivity contribution in [2.24, 2.45) is 11.8 Å². The van der Waals surface area contributed by atoms with E-state index in [0.29, 0.717) is 24.7 Å². The van der Waals surface area contributed by atoms with Crippen LogP contribution in [0.2, 0.25) is 0 Å². The highest BCUT2D eigenvalue weighted by atomic mass is 16.4. The molecule has 0 aromatic rings. The molecule has 24 heavy (non-hydrogen) atoms. The van der Waals surface area contributed by atoms with E-state index in [0.717, 1.165) is 32.1 Å². The van der Waals surface area contributed by atoms with E-state index < -0.39 is 24.1 Å². The third kappa shape index (κ3) is 17.2. The maximum Gasteiger partial charge on any atom is 0.332 e. The monoisotopic (exact) mass is 348 g/mol. The van der Waals surface area contributed by atoms with Gasteiger partial charge in [-0.05, 0) is 31.1 Å². The van der Waals surface area contributed by atoms with Crippen molar-refractivity contribution in [1.29, 1.82) is 0 Å². The molecule has 6 heteroatoms. The van der Waals surface area contributed by atoms with Crippen molar-refractivity contribution >= 4 is 11.9 Å². The molecule has 0 spiro atoms. The van der Waals surface area contributed by atoms with Crippen LogP contribution in [0, 0.1) is 11.8 Å². The zero-order valence-electron chi connectivity index (χ0n) is 15.6. The maximum absolute atomic E-state index is 10.2. The second kappa shape index (κ2) is 15.4. The number of aliphatic carboxylic acids is 2. The number of hydrogen-bond acceptors (Lipinski definition) is 4. The zero-order valence-corrected chi connectivity index (χ0v) is 15.6. The van der Waals surface area contributed by atoms with Crippen molar-refractivity contribution in [1.82, 2.24) is 0 Å². The molecule has 4 unspecified atom stereocenters. The van der Waals surface area contributed by atoms with E-state index in [2.05, 4.69) is 20.8 Å². The van der Waals surface area contributed by atoms with Crippen LogP contribution in [0.25, 0.3) is 0 Å². The van der Waals surface area contributed by atoms with Crippen LogP contribution in [0.15, 0.2) is 0 Å². The molecule has 6 nitrogen and oxygen atoms in total. The molecule has 0 aliphatic rings. The summed E-state index contributed by atoms with van der Waals surface area (Å²) in [5.74, 6) is -1.10. The van der Waals surface area contributed by atoms with Gasteiger partial charge in [-0.2, -0.15) is 0 Å². The molecule has 0 radical (unpaired) electrons. The number of hydrogen-bond donors (Lipinski definition) is 4. The Morgan fingerprint density at radius 3 is 1.75 bits per heavy atom. The first kappa shape index (κ1) is 25.1. The minimum absolute atomic E-state index is 0.131. The highest BCUT2D eigenvalue weighted by Gasteiger charge is 2.14. The molecule has 0 aromatic heterocycles. The van der Waals surface area contributed by atoms with Gasteiger partial charge in [-0.25, -0.2) is 4.79 Å². The fourth-order valence-corrected chi connectivity index (χ4v) is 2.56. The Morgan fingerprint density at radius 2 is 1.33 bits per heavy atom. The quantitative estimate of drug-likeness (QED) is 0.430. The molecule has 0 fully saturated rings. The van der Waals surface area contributed by atoms with Crippen LogP contribution in [-0.4, -0.2) is 44.6 Å². The fraction of sp³-hybridized carbons (Fsp3) is 0.889. The molecule has 0 aromatic carbocycles. The molecule has 0 amide bonds. The summed E-state index contributed by atoms with van der Waals surface area (Å²) in [6.45, 7) is 8.30. The maximum atomic E-state index is 10.2. The van der Waals surface area contributed by atoms with Gasteiger partial charge < -0.3 is 20.4 Å². The first-order valence-corrected chi connectivity index (χ1v) is 8.94. The SMILES string of the molecule is CCCC(C)CC(O)CC(=O)O.CCCC(C)CCC(O)C(=O)O. The summed E-state index contributed by atoms with van der Waals surface area (Å²) in [7, 11) is 0. The highest BCUT2D eigenvalue weighted by Crippen LogP contribution is 2.14. The van der Waals surface area contributed by atoms with E-state index in [1.807, 2.05) is 6.92 Å². The van der Waals surface area contributed by atoms with Gasteiger partial charge >= 0.3 is 11.9 Å². The van der Waals surface area contributed by atoms with Crippen molar-refractivity contribution in [3.05, 3.63) is 0 Å². The minimum atomic E-state index is -1.18. The molecule has 4 atom stereocenters. The molecule has 0 heterocycles. The van der Waals surface area contributed by atoms with Crippen LogP contribution >= 0.6 is 0 Å². The van der Waals surface area contributed by atoms with Crippen molar-refractivity contribution in [3.63, 3.8) is 0 Å². The van der Waals surface area contributed by atoms with Crippen LogP contribution < -0.4 is 0 Å². The third-order valence-corrected chi connectivity index (χ3v) is 3.87. The Labute approximate surface area is 145 Å². The van der Waals surface area contributed by atoms with E-state index in [4.69, 9.17) is 15.3 Å². The van der Waals surface area contributed by atoms with Crippen LogP contribution in [0.4, 0.5) is 0 Å². The molecule has 4 N–H and O–H groups in total. The second-order valence-corrected chi connectivity index (χ2v) is 6.71. The second-order valence-electron chi connectivity index (χ2n) is 6.71. The van der Waals surface area contributed by atoms with Crippen LogP contribution in [0.5, 0.6) is 0 Å². The van der Waals surface area contributed by atoms with Gasteiger partial charge in [0, 0.05) is 0 Å². The Bertz CT molecular complexity index is 331. The number of carboxylic acid groups (broad SMARTS) is 2. The lowest BCUT2D eigenvalue weighted by Gasteiger charge is -2.13. The summed E-state index contributed by atoms with van der Waals surface area (Å²) >= 11 is 0. The molecular weight excluding hydrogens is 312 g/mol. The number of carboxylic acids is 2. The molecule has 0 rings (SSSR count). The minimum Gasteiger partial charge on any atom is -0.481 e. The van der Waals surface area contributed by atoms with Crippen molar-refractivity contribution in [2.45, 2.75) is 91.3 Å². The molecule has 0 saturated carbocycles. The Kier molecular flexibility index (Phi) is 16.1. The molecule has 0 aliphatic carbocycles. The fourth-order valence-electron chi connectivity index (χ4n) is 2.56. The van der Waals surface area contributed by atoms with Gasteiger partial charge in [-0.15, -0.1) is 0 Å². The Hall–Kier alpha value is -1.14. The lowest BCUT2D eigenvalue weighted by molar-refractivity contribution is -0.147. The summed E-state index contributed by atoms with van der Waals surface area (Å²) in [6, 6.07) is 0. The average Bonchev–Trinajstić information content (AvgIpc) is 2.44. The van der Waals surface area contributed by atoms with Crippen molar-refractivity contribution < 1.29 is 30.0 Å². The molecule has 0 aliphatic heterocycles. The van der Waals surface area contributed by atoms with E-state index >= 15 is 0 Å². The summed E-state index contributed by atoms with van der Waals surface area (Å²) in [5.41, 5.74) is 0. The molecule has 144 valence electrons. The normalized spacial score (nSPS) is 15.6. The summed E-state index contributed by atoms with van der Waals surface area (Å²) < 4.78 is 0. The summed E-state index contributed by atoms with van der Waals surface area (Å²) in [4.78, 5) is 20.4.